The van der Waals surface area contributed by atoms with E-state index in [9.17, 15) is 9.59 Å². The van der Waals surface area contributed by atoms with Gasteiger partial charge < -0.3 is 16.4 Å². The van der Waals surface area contributed by atoms with Crippen LogP contribution in [0.1, 0.15) is 26.2 Å². The van der Waals surface area contributed by atoms with Gasteiger partial charge in [0.15, 0.2) is 0 Å². The third-order valence-electron chi connectivity index (χ3n) is 2.69. The number of rotatable bonds is 4. The van der Waals surface area contributed by atoms with Gasteiger partial charge in [-0.15, -0.1) is 0 Å². The highest BCUT2D eigenvalue weighted by Crippen LogP contribution is 2.24. The summed E-state index contributed by atoms with van der Waals surface area (Å²) in [5, 5.41) is 5.34. The average molecular weight is 213 g/mol. The van der Waals surface area contributed by atoms with Crippen LogP contribution in [0.3, 0.4) is 0 Å². The van der Waals surface area contributed by atoms with Gasteiger partial charge in [0.25, 0.3) is 0 Å². The molecule has 0 aromatic heterocycles. The lowest BCUT2D eigenvalue weighted by atomic mass is 10.1. The Morgan fingerprint density at radius 3 is 2.60 bits per heavy atom. The number of nitrogens with one attached hydrogen (secondary N) is 2. The smallest absolute Gasteiger partial charge is 0.239 e. The second kappa shape index (κ2) is 5.70. The molecule has 0 radical (unpaired) electrons. The van der Waals surface area contributed by atoms with E-state index in [0.717, 1.165) is 12.8 Å². The number of hydrogen-bond donors (Lipinski definition) is 3. The summed E-state index contributed by atoms with van der Waals surface area (Å²) in [7, 11) is 0. The summed E-state index contributed by atoms with van der Waals surface area (Å²) < 4.78 is 0. The Morgan fingerprint density at radius 2 is 2.07 bits per heavy atom. The largest absolute Gasteiger partial charge is 0.352 e. The predicted octanol–water partition coefficient (Wildman–Crippen LogP) is -0.634. The van der Waals surface area contributed by atoms with E-state index in [-0.39, 0.29) is 30.9 Å². The van der Waals surface area contributed by atoms with Gasteiger partial charge in [-0.2, -0.15) is 0 Å². The Balaban J connectivity index is 2.16. The topological polar surface area (TPSA) is 84.2 Å². The molecule has 0 bridgehead atoms. The normalized spacial score (nSPS) is 24.9. The first-order chi connectivity index (χ1) is 7.11. The Hall–Kier alpha value is -1.10. The van der Waals surface area contributed by atoms with Gasteiger partial charge in [0, 0.05) is 6.04 Å². The summed E-state index contributed by atoms with van der Waals surface area (Å²) in [5.74, 6) is 0.259. The highest BCUT2D eigenvalue weighted by molar-refractivity contribution is 5.85. The summed E-state index contributed by atoms with van der Waals surface area (Å²) in [6.45, 7) is 2.14. The summed E-state index contributed by atoms with van der Waals surface area (Å²) in [5.41, 5.74) is 5.10. The van der Waals surface area contributed by atoms with Crippen LogP contribution in [0.2, 0.25) is 0 Å². The van der Waals surface area contributed by atoms with E-state index in [1.807, 2.05) is 0 Å². The van der Waals surface area contributed by atoms with Crippen molar-refractivity contribution in [3.8, 4) is 0 Å². The molecule has 86 valence electrons. The minimum atomic E-state index is -0.301. The molecule has 0 spiro atoms. The standard InChI is InChI=1S/C10H19N3O2/c1-7-2-3-8(4-7)13-10(15)6-12-9(14)5-11/h7-8H,2-6,11H2,1H3,(H,12,14)(H,13,15). The molecular weight excluding hydrogens is 194 g/mol. The molecular formula is C10H19N3O2. The van der Waals surface area contributed by atoms with Crippen molar-refractivity contribution >= 4 is 11.8 Å². The quantitative estimate of drug-likeness (QED) is 0.581. The summed E-state index contributed by atoms with van der Waals surface area (Å²) in [4.78, 5) is 22.1. The molecule has 2 unspecified atom stereocenters. The number of carbonyl (C=O) groups excluding carboxylic acids is 2. The van der Waals surface area contributed by atoms with Crippen molar-refractivity contribution in [1.82, 2.24) is 10.6 Å². The van der Waals surface area contributed by atoms with Crippen LogP contribution in [0.4, 0.5) is 0 Å². The molecule has 0 saturated heterocycles. The number of carbonyl (C=O) groups is 2. The van der Waals surface area contributed by atoms with Crippen LogP contribution in [-0.2, 0) is 9.59 Å². The molecule has 2 amide bonds. The maximum atomic E-state index is 11.4. The van der Waals surface area contributed by atoms with E-state index in [4.69, 9.17) is 5.73 Å². The molecule has 5 heteroatoms. The van der Waals surface area contributed by atoms with Gasteiger partial charge >= 0.3 is 0 Å². The van der Waals surface area contributed by atoms with E-state index in [1.54, 1.807) is 0 Å². The summed E-state index contributed by atoms with van der Waals surface area (Å²) in [6, 6.07) is 0.280. The van der Waals surface area contributed by atoms with Gasteiger partial charge in [-0.1, -0.05) is 6.92 Å². The van der Waals surface area contributed by atoms with Crippen LogP contribution in [0, 0.1) is 5.92 Å². The predicted molar refractivity (Wildman–Crippen MR) is 57.0 cm³/mol. The van der Waals surface area contributed by atoms with Crippen LogP contribution < -0.4 is 16.4 Å². The number of hydrogen-bond acceptors (Lipinski definition) is 3. The van der Waals surface area contributed by atoms with Crippen molar-refractivity contribution in [2.24, 2.45) is 11.7 Å². The number of nitrogens with two attached hydrogens (primary N) is 1. The first-order valence-corrected chi connectivity index (χ1v) is 5.38. The van der Waals surface area contributed by atoms with Gasteiger partial charge in [0.2, 0.25) is 11.8 Å². The van der Waals surface area contributed by atoms with Crippen molar-refractivity contribution in [1.29, 1.82) is 0 Å². The number of amides is 2. The molecule has 0 aromatic rings. The van der Waals surface area contributed by atoms with Gasteiger partial charge in [-0.3, -0.25) is 9.59 Å². The fraction of sp³-hybridized carbons (Fsp3) is 0.800. The Labute approximate surface area is 89.8 Å². The molecule has 1 saturated carbocycles. The molecule has 15 heavy (non-hydrogen) atoms. The van der Waals surface area contributed by atoms with Crippen LogP contribution >= 0.6 is 0 Å². The minimum absolute atomic E-state index is 0.0287. The van der Waals surface area contributed by atoms with E-state index in [2.05, 4.69) is 17.6 Å². The van der Waals surface area contributed by atoms with Crippen molar-refractivity contribution < 1.29 is 9.59 Å². The van der Waals surface area contributed by atoms with E-state index in [1.165, 1.54) is 6.42 Å². The van der Waals surface area contributed by atoms with Gasteiger partial charge in [-0.25, -0.2) is 0 Å². The maximum absolute atomic E-state index is 11.4. The van der Waals surface area contributed by atoms with Crippen LogP contribution in [-0.4, -0.2) is 30.9 Å². The Kier molecular flexibility index (Phi) is 4.55. The lowest BCUT2D eigenvalue weighted by molar-refractivity contribution is -0.125. The lowest BCUT2D eigenvalue weighted by Gasteiger charge is -2.12. The molecule has 4 N–H and O–H groups in total. The third kappa shape index (κ3) is 4.29. The highest BCUT2D eigenvalue weighted by Gasteiger charge is 2.22. The summed E-state index contributed by atoms with van der Waals surface area (Å²) >= 11 is 0. The second-order valence-corrected chi connectivity index (χ2v) is 4.16. The SMILES string of the molecule is CC1CCC(NC(=O)CNC(=O)CN)C1. The van der Waals surface area contributed by atoms with Crippen molar-refractivity contribution in [2.75, 3.05) is 13.1 Å². The van der Waals surface area contributed by atoms with Gasteiger partial charge in [0.05, 0.1) is 13.1 Å². The fourth-order valence-corrected chi connectivity index (χ4v) is 1.87. The molecule has 0 heterocycles. The highest BCUT2D eigenvalue weighted by atomic mass is 16.2. The van der Waals surface area contributed by atoms with E-state index in [0.29, 0.717) is 5.92 Å². The zero-order valence-electron chi connectivity index (χ0n) is 9.08. The fourth-order valence-electron chi connectivity index (χ4n) is 1.87. The third-order valence-corrected chi connectivity index (χ3v) is 2.69. The van der Waals surface area contributed by atoms with Crippen molar-refractivity contribution in [3.63, 3.8) is 0 Å². The van der Waals surface area contributed by atoms with Crippen LogP contribution in [0.15, 0.2) is 0 Å². The summed E-state index contributed by atoms with van der Waals surface area (Å²) in [6.07, 6.45) is 3.24. The van der Waals surface area contributed by atoms with Crippen LogP contribution in [0.25, 0.3) is 0 Å². The van der Waals surface area contributed by atoms with E-state index >= 15 is 0 Å². The first kappa shape index (κ1) is 12.0. The van der Waals surface area contributed by atoms with Crippen molar-refractivity contribution in [3.05, 3.63) is 0 Å². The van der Waals surface area contributed by atoms with Gasteiger partial charge in [-0.05, 0) is 25.2 Å². The van der Waals surface area contributed by atoms with Crippen LogP contribution in [0.5, 0.6) is 0 Å². The molecule has 2 atom stereocenters. The maximum Gasteiger partial charge on any atom is 0.239 e. The Bertz CT molecular complexity index is 243. The second-order valence-electron chi connectivity index (χ2n) is 4.16. The molecule has 1 fully saturated rings. The molecule has 0 aliphatic heterocycles. The molecule has 5 nitrogen and oxygen atoms in total. The molecule has 0 aromatic carbocycles. The van der Waals surface area contributed by atoms with E-state index < -0.39 is 0 Å². The monoisotopic (exact) mass is 213 g/mol. The molecule has 1 aliphatic carbocycles. The zero-order chi connectivity index (χ0) is 11.3. The first-order valence-electron chi connectivity index (χ1n) is 5.38. The molecule has 1 aliphatic rings. The van der Waals surface area contributed by atoms with Crippen molar-refractivity contribution in [2.45, 2.75) is 32.2 Å². The lowest BCUT2D eigenvalue weighted by Crippen LogP contribution is -2.42. The Morgan fingerprint density at radius 1 is 1.33 bits per heavy atom. The minimum Gasteiger partial charge on any atom is -0.352 e. The van der Waals surface area contributed by atoms with Gasteiger partial charge in [0.1, 0.15) is 0 Å². The zero-order valence-corrected chi connectivity index (χ0v) is 9.08. The average Bonchev–Trinajstić information content (AvgIpc) is 2.60. The molecule has 1 rings (SSSR count).